The fraction of sp³-hybridized carbons (Fsp3) is 0.524. The number of carbonyl (C=O) groups is 1. The van der Waals surface area contributed by atoms with E-state index < -0.39 is 0 Å². The summed E-state index contributed by atoms with van der Waals surface area (Å²) in [5, 5.41) is 7.66. The first kappa shape index (κ1) is 20.0. The van der Waals surface area contributed by atoms with Crippen molar-refractivity contribution in [3.8, 4) is 0 Å². The maximum atomic E-state index is 12.3. The van der Waals surface area contributed by atoms with Crippen molar-refractivity contribution in [3.63, 3.8) is 0 Å². The lowest BCUT2D eigenvalue weighted by Crippen LogP contribution is -2.23. The Hall–Kier alpha value is -2.30. The molecule has 0 spiro atoms. The minimum Gasteiger partial charge on any atom is -0.378 e. The average Bonchev–Trinajstić information content (AvgIpc) is 2.84. The highest BCUT2D eigenvalue weighted by molar-refractivity contribution is 5.76. The summed E-state index contributed by atoms with van der Waals surface area (Å²) >= 11 is 0. The highest BCUT2D eigenvalue weighted by Gasteiger charge is 2.13. The van der Waals surface area contributed by atoms with Gasteiger partial charge in [-0.2, -0.15) is 5.10 Å². The number of hydrogen-bond donors (Lipinski definition) is 1. The van der Waals surface area contributed by atoms with Crippen LogP contribution in [0.2, 0.25) is 0 Å². The van der Waals surface area contributed by atoms with Gasteiger partial charge in [-0.15, -0.1) is 0 Å². The summed E-state index contributed by atoms with van der Waals surface area (Å²) in [6.45, 7) is 9.99. The number of nitrogens with one attached hydrogen (secondary N) is 1. The monoisotopic (exact) mass is 356 g/mol. The quantitative estimate of drug-likeness (QED) is 0.788. The Labute approximate surface area is 157 Å². The van der Waals surface area contributed by atoms with Gasteiger partial charge in [-0.05, 0) is 49.4 Å². The van der Waals surface area contributed by atoms with Crippen LogP contribution in [0.5, 0.6) is 0 Å². The normalized spacial score (nSPS) is 11.0. The van der Waals surface area contributed by atoms with E-state index in [1.165, 1.54) is 11.3 Å². The standard InChI is InChI=1S/C21H32N4O/c1-15(2)14-25-17(4)20(16(3)23-25)10-11-21(26)22-13-18-8-7-9-19(12-18)24(5)6/h7-9,12,15H,10-11,13-14H2,1-6H3,(H,22,26). The van der Waals surface area contributed by atoms with Crippen LogP contribution in [0, 0.1) is 19.8 Å². The Morgan fingerprint density at radius 1 is 1.27 bits per heavy atom. The van der Waals surface area contributed by atoms with Crippen molar-refractivity contribution in [1.82, 2.24) is 15.1 Å². The molecule has 0 unspecified atom stereocenters. The van der Waals surface area contributed by atoms with Crippen molar-refractivity contribution in [2.75, 3.05) is 19.0 Å². The number of amides is 1. The third-order valence-corrected chi connectivity index (χ3v) is 4.59. The molecule has 0 atom stereocenters. The Kier molecular flexibility index (Phi) is 6.83. The van der Waals surface area contributed by atoms with E-state index in [9.17, 15) is 4.79 Å². The summed E-state index contributed by atoms with van der Waals surface area (Å²) in [6, 6.07) is 8.22. The SMILES string of the molecule is Cc1nn(CC(C)C)c(C)c1CCC(=O)NCc1cccc(N(C)C)c1. The summed E-state index contributed by atoms with van der Waals surface area (Å²) in [7, 11) is 4.03. The third kappa shape index (κ3) is 5.35. The second-order valence-electron chi connectivity index (χ2n) is 7.57. The molecule has 1 aromatic heterocycles. The molecule has 26 heavy (non-hydrogen) atoms. The molecular formula is C21H32N4O. The molecule has 0 radical (unpaired) electrons. The Balaban J connectivity index is 1.89. The molecule has 1 aromatic carbocycles. The Morgan fingerprint density at radius 3 is 2.65 bits per heavy atom. The molecule has 0 saturated carbocycles. The van der Waals surface area contributed by atoms with Crippen LogP contribution in [0.15, 0.2) is 24.3 Å². The summed E-state index contributed by atoms with van der Waals surface area (Å²) in [4.78, 5) is 14.3. The smallest absolute Gasteiger partial charge is 0.220 e. The van der Waals surface area contributed by atoms with Crippen molar-refractivity contribution in [2.24, 2.45) is 5.92 Å². The average molecular weight is 357 g/mol. The lowest BCUT2D eigenvalue weighted by Gasteiger charge is -2.14. The lowest BCUT2D eigenvalue weighted by atomic mass is 10.1. The van der Waals surface area contributed by atoms with Crippen molar-refractivity contribution >= 4 is 11.6 Å². The molecule has 5 nitrogen and oxygen atoms in total. The van der Waals surface area contributed by atoms with E-state index in [4.69, 9.17) is 0 Å². The number of benzene rings is 1. The summed E-state index contributed by atoms with van der Waals surface area (Å²) in [5.41, 5.74) is 5.68. The highest BCUT2D eigenvalue weighted by atomic mass is 16.1. The van der Waals surface area contributed by atoms with E-state index in [-0.39, 0.29) is 5.91 Å². The van der Waals surface area contributed by atoms with E-state index in [2.05, 4.69) is 52.9 Å². The van der Waals surface area contributed by atoms with E-state index in [0.717, 1.165) is 29.9 Å². The fourth-order valence-corrected chi connectivity index (χ4v) is 3.09. The predicted molar refractivity (Wildman–Crippen MR) is 107 cm³/mol. The minimum atomic E-state index is 0.0793. The number of rotatable bonds is 8. The van der Waals surface area contributed by atoms with Gasteiger partial charge in [-0.1, -0.05) is 26.0 Å². The van der Waals surface area contributed by atoms with Crippen molar-refractivity contribution < 1.29 is 4.79 Å². The zero-order valence-electron chi connectivity index (χ0n) is 17.0. The van der Waals surface area contributed by atoms with Gasteiger partial charge in [0, 0.05) is 45.0 Å². The van der Waals surface area contributed by atoms with E-state index >= 15 is 0 Å². The second kappa shape index (κ2) is 8.88. The molecule has 1 N–H and O–H groups in total. The molecule has 142 valence electrons. The van der Waals surface area contributed by atoms with Crippen LogP contribution in [-0.4, -0.2) is 29.8 Å². The number of hydrogen-bond acceptors (Lipinski definition) is 3. The minimum absolute atomic E-state index is 0.0793. The second-order valence-corrected chi connectivity index (χ2v) is 7.57. The van der Waals surface area contributed by atoms with Crippen LogP contribution in [0.25, 0.3) is 0 Å². The maximum absolute atomic E-state index is 12.3. The lowest BCUT2D eigenvalue weighted by molar-refractivity contribution is -0.121. The van der Waals surface area contributed by atoms with Gasteiger partial charge in [0.2, 0.25) is 5.91 Å². The molecule has 5 heteroatoms. The maximum Gasteiger partial charge on any atom is 0.220 e. The Morgan fingerprint density at radius 2 is 2.00 bits per heavy atom. The van der Waals surface area contributed by atoms with Crippen LogP contribution in [-0.2, 0) is 24.3 Å². The summed E-state index contributed by atoms with van der Waals surface area (Å²) in [6.07, 6.45) is 1.22. The zero-order valence-corrected chi connectivity index (χ0v) is 17.0. The third-order valence-electron chi connectivity index (χ3n) is 4.59. The molecule has 2 aromatic rings. The molecule has 1 amide bonds. The van der Waals surface area contributed by atoms with Crippen LogP contribution in [0.3, 0.4) is 0 Å². The van der Waals surface area contributed by atoms with E-state index in [0.29, 0.717) is 18.9 Å². The number of anilines is 1. The van der Waals surface area contributed by atoms with Gasteiger partial charge in [0.05, 0.1) is 5.69 Å². The molecule has 0 bridgehead atoms. The van der Waals surface area contributed by atoms with Gasteiger partial charge in [0.25, 0.3) is 0 Å². The van der Waals surface area contributed by atoms with E-state index in [1.54, 1.807) is 0 Å². The van der Waals surface area contributed by atoms with Gasteiger partial charge in [0.15, 0.2) is 0 Å². The van der Waals surface area contributed by atoms with Crippen molar-refractivity contribution in [2.45, 2.75) is 53.6 Å². The van der Waals surface area contributed by atoms with Gasteiger partial charge in [-0.3, -0.25) is 9.48 Å². The van der Waals surface area contributed by atoms with E-state index in [1.807, 2.05) is 33.2 Å². The summed E-state index contributed by atoms with van der Waals surface area (Å²) < 4.78 is 2.07. The molecule has 0 saturated heterocycles. The largest absolute Gasteiger partial charge is 0.378 e. The van der Waals surface area contributed by atoms with Gasteiger partial charge in [-0.25, -0.2) is 0 Å². The van der Waals surface area contributed by atoms with Gasteiger partial charge >= 0.3 is 0 Å². The number of carbonyl (C=O) groups excluding carboxylic acids is 1. The first-order valence-electron chi connectivity index (χ1n) is 9.33. The number of aryl methyl sites for hydroxylation is 1. The Bertz CT molecular complexity index is 746. The molecule has 0 fully saturated rings. The first-order valence-corrected chi connectivity index (χ1v) is 9.33. The highest BCUT2D eigenvalue weighted by Crippen LogP contribution is 2.17. The molecule has 2 rings (SSSR count). The van der Waals surface area contributed by atoms with Crippen LogP contribution < -0.4 is 10.2 Å². The molecule has 1 heterocycles. The first-order chi connectivity index (χ1) is 12.3. The zero-order chi connectivity index (χ0) is 19.3. The fourth-order valence-electron chi connectivity index (χ4n) is 3.09. The van der Waals surface area contributed by atoms with Crippen LogP contribution in [0.4, 0.5) is 5.69 Å². The van der Waals surface area contributed by atoms with Crippen LogP contribution in [0.1, 0.15) is 42.8 Å². The van der Waals surface area contributed by atoms with Crippen LogP contribution >= 0.6 is 0 Å². The van der Waals surface area contributed by atoms with Crippen molar-refractivity contribution in [1.29, 1.82) is 0 Å². The number of aromatic nitrogens is 2. The van der Waals surface area contributed by atoms with Gasteiger partial charge < -0.3 is 10.2 Å². The molecule has 0 aliphatic heterocycles. The molecular weight excluding hydrogens is 324 g/mol. The molecule has 0 aliphatic carbocycles. The molecule has 0 aliphatic rings. The summed E-state index contributed by atoms with van der Waals surface area (Å²) in [5.74, 6) is 0.637. The predicted octanol–water partition coefficient (Wildman–Crippen LogP) is 3.47. The topological polar surface area (TPSA) is 50.2 Å². The van der Waals surface area contributed by atoms with Crippen molar-refractivity contribution in [3.05, 3.63) is 46.8 Å². The van der Waals surface area contributed by atoms with Gasteiger partial charge in [0.1, 0.15) is 0 Å². The number of nitrogens with zero attached hydrogens (tertiary/aromatic N) is 3.